The molecule has 0 heterocycles. The van der Waals surface area contributed by atoms with Gasteiger partial charge in [0, 0.05) is 24.6 Å². The minimum Gasteiger partial charge on any atom is -0.478 e. The summed E-state index contributed by atoms with van der Waals surface area (Å²) in [6, 6.07) is 16.9. The number of carbonyl (C=O) groups is 5. The summed E-state index contributed by atoms with van der Waals surface area (Å²) in [6.07, 6.45) is -0.475. The molecule has 0 bridgehead atoms. The molecule has 0 unspecified atom stereocenters. The van der Waals surface area contributed by atoms with Gasteiger partial charge in [0.1, 0.15) is 12.1 Å². The number of halogens is 2. The monoisotopic (exact) mass is 677 g/mol. The molecular formula is C37H41F2N3O7. The fourth-order valence-corrected chi connectivity index (χ4v) is 5.10. The predicted molar refractivity (Wildman–Crippen MR) is 181 cm³/mol. The van der Waals surface area contributed by atoms with E-state index in [0.717, 1.165) is 11.1 Å². The zero-order chi connectivity index (χ0) is 35.9. The Morgan fingerprint density at radius 3 is 2.08 bits per heavy atom. The van der Waals surface area contributed by atoms with E-state index in [4.69, 9.17) is 4.74 Å². The Morgan fingerprint density at radius 1 is 0.816 bits per heavy atom. The van der Waals surface area contributed by atoms with E-state index in [2.05, 4.69) is 16.0 Å². The third-order valence-corrected chi connectivity index (χ3v) is 7.36. The van der Waals surface area contributed by atoms with Crippen LogP contribution in [0.2, 0.25) is 0 Å². The van der Waals surface area contributed by atoms with Gasteiger partial charge < -0.3 is 25.8 Å². The molecule has 0 aromatic heterocycles. The number of hydrogen-bond donors (Lipinski definition) is 4. The van der Waals surface area contributed by atoms with Gasteiger partial charge in [-0.25, -0.2) is 18.4 Å². The third kappa shape index (κ3) is 12.0. The van der Waals surface area contributed by atoms with Gasteiger partial charge in [-0.05, 0) is 66.1 Å². The van der Waals surface area contributed by atoms with Gasteiger partial charge in [-0.1, -0.05) is 74.5 Å². The lowest BCUT2D eigenvalue weighted by molar-refractivity contribution is -0.137. The van der Waals surface area contributed by atoms with Gasteiger partial charge in [0.25, 0.3) is 5.91 Å². The Hall–Kier alpha value is -5.39. The highest BCUT2D eigenvalue weighted by atomic mass is 19.3. The maximum atomic E-state index is 13.6. The second-order valence-electron chi connectivity index (χ2n) is 11.6. The maximum absolute atomic E-state index is 13.6. The number of nitrogens with one attached hydrogen (secondary N) is 3. The van der Waals surface area contributed by atoms with Crippen LogP contribution in [0.4, 0.5) is 8.78 Å². The highest BCUT2D eigenvalue weighted by Crippen LogP contribution is 2.27. The predicted octanol–water partition coefficient (Wildman–Crippen LogP) is 5.27. The van der Waals surface area contributed by atoms with Gasteiger partial charge >= 0.3 is 11.9 Å². The number of hydrogen-bond acceptors (Lipinski definition) is 6. The Balaban J connectivity index is 1.72. The molecule has 0 spiro atoms. The molecule has 0 aliphatic rings. The van der Waals surface area contributed by atoms with Crippen LogP contribution in [0.15, 0.2) is 78.9 Å². The second kappa shape index (κ2) is 18.8. The van der Waals surface area contributed by atoms with Crippen LogP contribution in [0, 0.1) is 5.92 Å². The summed E-state index contributed by atoms with van der Waals surface area (Å²) in [6.45, 7) is 5.67. The van der Waals surface area contributed by atoms with Crippen LogP contribution in [0.25, 0.3) is 17.2 Å². The first-order valence-corrected chi connectivity index (χ1v) is 15.9. The highest BCUT2D eigenvalue weighted by Gasteiger charge is 2.30. The largest absolute Gasteiger partial charge is 0.478 e. The highest BCUT2D eigenvalue weighted by molar-refractivity contribution is 6.06. The van der Waals surface area contributed by atoms with Crippen molar-refractivity contribution in [3.8, 4) is 11.1 Å². The molecule has 10 nitrogen and oxygen atoms in total. The Morgan fingerprint density at radius 2 is 1.45 bits per heavy atom. The molecule has 0 radical (unpaired) electrons. The standard InChI is InChI=1S/C37H41F2N3O7/c1-4-49-33(43)17-16-24-10-9-11-25(21-24)18-19-40-35(45)31(22-32(38)39)42-36(46)30(20-23(2)3)41-34(44)28-14-7-5-12-26(28)27-13-6-8-15-29(27)37(47)48/h5-17,21,23,30-32H,4,18-20,22H2,1-3H3,(H,40,45)(H,41,44)(H,42,46)(H,47,48)/b17-16+/t30-,31-/m0/s1. The van der Waals surface area contributed by atoms with E-state index in [9.17, 15) is 37.9 Å². The van der Waals surface area contributed by atoms with E-state index in [0.29, 0.717) is 17.5 Å². The summed E-state index contributed by atoms with van der Waals surface area (Å²) in [5.74, 6) is -4.06. The number of carboxylic acid groups (broad SMARTS) is 1. The molecule has 0 saturated heterocycles. The number of benzene rings is 3. The van der Waals surface area contributed by atoms with Crippen molar-refractivity contribution in [1.82, 2.24) is 16.0 Å². The SMILES string of the molecule is CCOC(=O)/C=C/c1cccc(CCNC(=O)[C@H](CC(F)F)NC(=O)[C@H](CC(C)C)NC(=O)c2ccccc2-c2ccccc2C(=O)O)c1. The van der Waals surface area contributed by atoms with Crippen molar-refractivity contribution in [1.29, 1.82) is 0 Å². The number of carbonyl (C=O) groups excluding carboxylic acids is 4. The van der Waals surface area contributed by atoms with Crippen LogP contribution in [0.5, 0.6) is 0 Å². The Labute approximate surface area is 283 Å². The molecule has 0 aliphatic heterocycles. The number of ether oxygens (including phenoxy) is 1. The van der Waals surface area contributed by atoms with Crippen LogP contribution in [0.3, 0.4) is 0 Å². The average molecular weight is 678 g/mol. The molecule has 3 aromatic carbocycles. The van der Waals surface area contributed by atoms with E-state index in [1.165, 1.54) is 18.2 Å². The fraction of sp³-hybridized carbons (Fsp3) is 0.324. The molecular weight excluding hydrogens is 636 g/mol. The average Bonchev–Trinajstić information content (AvgIpc) is 3.06. The fourth-order valence-electron chi connectivity index (χ4n) is 5.10. The number of carboxylic acids is 1. The lowest BCUT2D eigenvalue weighted by atomic mass is 9.94. The van der Waals surface area contributed by atoms with Gasteiger partial charge in [-0.2, -0.15) is 0 Å². The first kappa shape index (κ1) is 38.1. The maximum Gasteiger partial charge on any atom is 0.336 e. The van der Waals surface area contributed by atoms with Gasteiger partial charge in [0.05, 0.1) is 12.2 Å². The molecule has 3 aromatic rings. The Bertz CT molecular complexity index is 1660. The molecule has 0 fully saturated rings. The molecule has 12 heteroatoms. The number of amides is 3. The summed E-state index contributed by atoms with van der Waals surface area (Å²) < 4.78 is 32.0. The summed E-state index contributed by atoms with van der Waals surface area (Å²) in [5, 5.41) is 17.3. The summed E-state index contributed by atoms with van der Waals surface area (Å²) in [4.78, 5) is 63.5. The van der Waals surface area contributed by atoms with Crippen molar-refractivity contribution >= 4 is 35.7 Å². The van der Waals surface area contributed by atoms with Crippen molar-refractivity contribution in [2.24, 2.45) is 5.92 Å². The van der Waals surface area contributed by atoms with Crippen molar-refractivity contribution in [3.63, 3.8) is 0 Å². The zero-order valence-electron chi connectivity index (χ0n) is 27.6. The van der Waals surface area contributed by atoms with E-state index < -0.39 is 54.6 Å². The Kier molecular flexibility index (Phi) is 14.6. The molecule has 49 heavy (non-hydrogen) atoms. The first-order valence-electron chi connectivity index (χ1n) is 15.9. The number of rotatable bonds is 17. The van der Waals surface area contributed by atoms with Crippen LogP contribution in [-0.2, 0) is 25.5 Å². The van der Waals surface area contributed by atoms with Gasteiger partial charge in [-0.15, -0.1) is 0 Å². The lowest BCUT2D eigenvalue weighted by Crippen LogP contribution is -2.54. The minimum absolute atomic E-state index is 0.0152. The molecule has 0 saturated carbocycles. The van der Waals surface area contributed by atoms with Crippen LogP contribution >= 0.6 is 0 Å². The summed E-state index contributed by atoms with van der Waals surface area (Å²) in [5.41, 5.74) is 2.27. The quantitative estimate of drug-likeness (QED) is 0.112. The van der Waals surface area contributed by atoms with Gasteiger partial charge in [-0.3, -0.25) is 14.4 Å². The van der Waals surface area contributed by atoms with Crippen LogP contribution < -0.4 is 16.0 Å². The summed E-state index contributed by atoms with van der Waals surface area (Å²) >= 11 is 0. The normalized spacial score (nSPS) is 12.4. The summed E-state index contributed by atoms with van der Waals surface area (Å²) in [7, 11) is 0. The number of esters is 1. The van der Waals surface area contributed by atoms with Crippen LogP contribution in [-0.4, -0.2) is 66.4 Å². The van der Waals surface area contributed by atoms with Crippen molar-refractivity contribution < 1.29 is 42.6 Å². The molecule has 260 valence electrons. The van der Waals surface area contributed by atoms with Crippen molar-refractivity contribution in [2.75, 3.05) is 13.2 Å². The van der Waals surface area contributed by atoms with E-state index >= 15 is 0 Å². The first-order chi connectivity index (χ1) is 23.4. The molecule has 0 aliphatic carbocycles. The molecule has 2 atom stereocenters. The van der Waals surface area contributed by atoms with Gasteiger partial charge in [0.2, 0.25) is 18.2 Å². The lowest BCUT2D eigenvalue weighted by Gasteiger charge is -2.24. The minimum atomic E-state index is -2.90. The molecule has 3 amide bonds. The second-order valence-corrected chi connectivity index (χ2v) is 11.6. The third-order valence-electron chi connectivity index (χ3n) is 7.36. The number of alkyl halides is 2. The smallest absolute Gasteiger partial charge is 0.336 e. The molecule has 4 N–H and O–H groups in total. The molecule has 3 rings (SSSR count). The number of aromatic carboxylic acids is 1. The van der Waals surface area contributed by atoms with E-state index in [1.807, 2.05) is 19.9 Å². The topological polar surface area (TPSA) is 151 Å². The van der Waals surface area contributed by atoms with E-state index in [-0.39, 0.29) is 36.6 Å². The van der Waals surface area contributed by atoms with E-state index in [1.54, 1.807) is 67.6 Å². The zero-order valence-corrected chi connectivity index (χ0v) is 27.6. The van der Waals surface area contributed by atoms with Crippen molar-refractivity contribution in [2.45, 2.75) is 58.5 Å². The van der Waals surface area contributed by atoms with Crippen molar-refractivity contribution in [3.05, 3.63) is 101 Å². The van der Waals surface area contributed by atoms with Gasteiger partial charge in [0.15, 0.2) is 0 Å². The van der Waals surface area contributed by atoms with Crippen LogP contribution in [0.1, 0.15) is 65.5 Å².